The number of rotatable bonds is 8. The summed E-state index contributed by atoms with van der Waals surface area (Å²) in [6.07, 6.45) is 10.2. The molecule has 168 valence electrons. The fourth-order valence-electron chi connectivity index (χ4n) is 4.48. The van der Waals surface area contributed by atoms with Crippen LogP contribution in [0.1, 0.15) is 56.2 Å². The van der Waals surface area contributed by atoms with E-state index in [0.717, 1.165) is 62.3 Å². The van der Waals surface area contributed by atoms with E-state index in [0.29, 0.717) is 0 Å². The van der Waals surface area contributed by atoms with E-state index >= 15 is 0 Å². The van der Waals surface area contributed by atoms with Crippen LogP contribution in [-0.2, 0) is 6.42 Å². The standard InChI is InChI=1S/C28H35N3S/c1-4-6-16-31(28(32)23-10-8-21(7-5-2)9-11-23)24-12-13-27-25(19-24)26(20-29-27)22-14-17-30(3)18-15-22/h8-14,19-20,29H,4-7,15-18H2,1-3H3. The molecule has 0 radical (unpaired) electrons. The minimum absolute atomic E-state index is 0.913. The highest BCUT2D eigenvalue weighted by Gasteiger charge is 2.17. The summed E-state index contributed by atoms with van der Waals surface area (Å²) in [6.45, 7) is 7.52. The van der Waals surface area contributed by atoms with Gasteiger partial charge in [0.1, 0.15) is 4.99 Å². The summed E-state index contributed by atoms with van der Waals surface area (Å²) in [6, 6.07) is 15.6. The second kappa shape index (κ2) is 10.5. The first-order valence-corrected chi connectivity index (χ1v) is 12.4. The Morgan fingerprint density at radius 3 is 2.59 bits per heavy atom. The first kappa shape index (κ1) is 22.8. The second-order valence-electron chi connectivity index (χ2n) is 8.93. The van der Waals surface area contributed by atoms with Crippen molar-refractivity contribution in [1.29, 1.82) is 0 Å². The number of thiocarbonyl (C=S) groups is 1. The number of aromatic nitrogens is 1. The highest BCUT2D eigenvalue weighted by Crippen LogP contribution is 2.32. The molecule has 32 heavy (non-hydrogen) atoms. The summed E-state index contributed by atoms with van der Waals surface area (Å²) >= 11 is 6.02. The summed E-state index contributed by atoms with van der Waals surface area (Å²) < 4.78 is 0. The topological polar surface area (TPSA) is 22.3 Å². The number of unbranched alkanes of at least 4 members (excludes halogenated alkanes) is 1. The summed E-state index contributed by atoms with van der Waals surface area (Å²) in [7, 11) is 2.18. The van der Waals surface area contributed by atoms with Crippen molar-refractivity contribution in [3.05, 3.63) is 71.4 Å². The van der Waals surface area contributed by atoms with Gasteiger partial charge in [0.05, 0.1) is 0 Å². The number of nitrogens with zero attached hydrogens (tertiary/aromatic N) is 2. The molecule has 3 nitrogen and oxygen atoms in total. The Balaban J connectivity index is 1.67. The van der Waals surface area contributed by atoms with Crippen LogP contribution >= 0.6 is 12.2 Å². The number of likely N-dealkylation sites (N-methyl/N-ethyl adjacent to an activating group) is 1. The van der Waals surface area contributed by atoms with Gasteiger partial charge in [0.15, 0.2) is 0 Å². The van der Waals surface area contributed by atoms with Gasteiger partial charge in [0.25, 0.3) is 0 Å². The Labute approximate surface area is 198 Å². The molecule has 0 fully saturated rings. The number of H-pyrrole nitrogens is 1. The van der Waals surface area contributed by atoms with Crippen LogP contribution in [0.25, 0.3) is 16.5 Å². The average Bonchev–Trinajstić information content (AvgIpc) is 3.24. The molecule has 4 heteroatoms. The highest BCUT2D eigenvalue weighted by atomic mass is 32.1. The monoisotopic (exact) mass is 445 g/mol. The van der Waals surface area contributed by atoms with Gasteiger partial charge in [-0.1, -0.05) is 69.2 Å². The van der Waals surface area contributed by atoms with Crippen LogP contribution in [0.4, 0.5) is 5.69 Å². The molecule has 1 N–H and O–H groups in total. The van der Waals surface area contributed by atoms with Crippen molar-refractivity contribution in [2.75, 3.05) is 31.6 Å². The Morgan fingerprint density at radius 2 is 1.91 bits per heavy atom. The molecular weight excluding hydrogens is 410 g/mol. The van der Waals surface area contributed by atoms with Gasteiger partial charge in [0.2, 0.25) is 0 Å². The Hall–Kier alpha value is -2.43. The second-order valence-corrected chi connectivity index (χ2v) is 9.32. The van der Waals surface area contributed by atoms with Crippen LogP contribution in [0.2, 0.25) is 0 Å². The third kappa shape index (κ3) is 4.97. The summed E-state index contributed by atoms with van der Waals surface area (Å²) in [5.74, 6) is 0. The molecule has 0 spiro atoms. The minimum atomic E-state index is 0.913. The SMILES string of the molecule is CCCCN(C(=S)c1ccc(CCC)cc1)c1ccc2[nH]cc(C3=CCN(C)CC3)c2c1. The van der Waals surface area contributed by atoms with E-state index in [1.807, 2.05) is 0 Å². The molecule has 2 aromatic carbocycles. The third-order valence-electron chi connectivity index (χ3n) is 6.46. The molecule has 4 rings (SSSR count). The number of hydrogen-bond acceptors (Lipinski definition) is 2. The number of hydrogen-bond donors (Lipinski definition) is 1. The smallest absolute Gasteiger partial charge is 0.113 e. The summed E-state index contributed by atoms with van der Waals surface area (Å²) in [4.78, 5) is 9.08. The van der Waals surface area contributed by atoms with Gasteiger partial charge in [-0.3, -0.25) is 0 Å². The van der Waals surface area contributed by atoms with Crippen LogP contribution in [-0.4, -0.2) is 41.6 Å². The lowest BCUT2D eigenvalue weighted by Gasteiger charge is -2.26. The van der Waals surface area contributed by atoms with Gasteiger partial charge in [-0.15, -0.1) is 0 Å². The lowest BCUT2D eigenvalue weighted by Crippen LogP contribution is -2.31. The van der Waals surface area contributed by atoms with Crippen molar-refractivity contribution in [3.8, 4) is 0 Å². The largest absolute Gasteiger partial charge is 0.361 e. The molecule has 0 aliphatic carbocycles. The van der Waals surface area contributed by atoms with E-state index in [1.54, 1.807) is 0 Å². The van der Waals surface area contributed by atoms with E-state index in [2.05, 4.69) is 90.4 Å². The van der Waals surface area contributed by atoms with Gasteiger partial charge in [0, 0.05) is 53.5 Å². The van der Waals surface area contributed by atoms with Crippen molar-refractivity contribution >= 4 is 39.4 Å². The van der Waals surface area contributed by atoms with Crippen molar-refractivity contribution in [3.63, 3.8) is 0 Å². The van der Waals surface area contributed by atoms with Crippen molar-refractivity contribution in [2.24, 2.45) is 0 Å². The highest BCUT2D eigenvalue weighted by molar-refractivity contribution is 7.81. The molecule has 0 amide bonds. The first-order chi connectivity index (χ1) is 15.6. The summed E-state index contributed by atoms with van der Waals surface area (Å²) in [5.41, 5.74) is 7.66. The molecule has 0 atom stereocenters. The molecule has 1 aromatic heterocycles. The van der Waals surface area contributed by atoms with Gasteiger partial charge < -0.3 is 14.8 Å². The number of aryl methyl sites for hydroxylation is 1. The van der Waals surface area contributed by atoms with Crippen molar-refractivity contribution in [2.45, 2.75) is 46.0 Å². The first-order valence-electron chi connectivity index (χ1n) is 12.0. The molecule has 0 saturated carbocycles. The van der Waals surface area contributed by atoms with Gasteiger partial charge in [-0.25, -0.2) is 0 Å². The van der Waals surface area contributed by atoms with E-state index in [4.69, 9.17) is 12.2 Å². The normalized spacial score (nSPS) is 14.5. The van der Waals surface area contributed by atoms with E-state index in [1.165, 1.54) is 33.3 Å². The van der Waals surface area contributed by atoms with Gasteiger partial charge in [-0.05, 0) is 55.6 Å². The Morgan fingerprint density at radius 1 is 1.09 bits per heavy atom. The van der Waals surface area contributed by atoms with E-state index in [9.17, 15) is 0 Å². The zero-order valence-corrected chi connectivity index (χ0v) is 20.5. The number of anilines is 1. The van der Waals surface area contributed by atoms with Crippen LogP contribution < -0.4 is 4.90 Å². The maximum Gasteiger partial charge on any atom is 0.113 e. The predicted molar refractivity (Wildman–Crippen MR) is 143 cm³/mol. The molecule has 1 aliphatic heterocycles. The Bertz CT molecular complexity index is 1090. The van der Waals surface area contributed by atoms with Crippen LogP contribution in [0, 0.1) is 0 Å². The van der Waals surface area contributed by atoms with Gasteiger partial charge in [-0.2, -0.15) is 0 Å². The van der Waals surface area contributed by atoms with Crippen LogP contribution in [0.5, 0.6) is 0 Å². The lowest BCUT2D eigenvalue weighted by molar-refractivity contribution is 0.370. The maximum absolute atomic E-state index is 6.02. The predicted octanol–water partition coefficient (Wildman–Crippen LogP) is 6.82. The van der Waals surface area contributed by atoms with Crippen LogP contribution in [0.15, 0.2) is 54.7 Å². The molecule has 3 aromatic rings. The maximum atomic E-state index is 6.02. The number of aromatic amines is 1. The molecule has 1 aliphatic rings. The van der Waals surface area contributed by atoms with Crippen molar-refractivity contribution < 1.29 is 0 Å². The van der Waals surface area contributed by atoms with Crippen molar-refractivity contribution in [1.82, 2.24) is 9.88 Å². The number of benzene rings is 2. The fraction of sp³-hybridized carbons (Fsp3) is 0.393. The van der Waals surface area contributed by atoms with E-state index < -0.39 is 0 Å². The molecule has 0 saturated heterocycles. The zero-order chi connectivity index (χ0) is 22.5. The minimum Gasteiger partial charge on any atom is -0.361 e. The molecule has 0 unspecified atom stereocenters. The Kier molecular flexibility index (Phi) is 7.44. The van der Waals surface area contributed by atoms with Crippen LogP contribution in [0.3, 0.4) is 0 Å². The van der Waals surface area contributed by atoms with Gasteiger partial charge >= 0.3 is 0 Å². The summed E-state index contributed by atoms with van der Waals surface area (Å²) in [5, 5.41) is 1.29. The molecule has 2 heterocycles. The number of fused-ring (bicyclic) bond motifs is 1. The zero-order valence-electron chi connectivity index (χ0n) is 19.7. The third-order valence-corrected chi connectivity index (χ3v) is 6.91. The van der Waals surface area contributed by atoms with E-state index in [-0.39, 0.29) is 0 Å². The molecular formula is C28H35N3S. The number of nitrogens with one attached hydrogen (secondary N) is 1. The lowest BCUT2D eigenvalue weighted by atomic mass is 9.98. The molecule has 0 bridgehead atoms. The average molecular weight is 446 g/mol. The fourth-order valence-corrected chi connectivity index (χ4v) is 4.81. The quantitative estimate of drug-likeness (QED) is 0.385.